The van der Waals surface area contributed by atoms with Crippen LogP contribution in [0.2, 0.25) is 17.6 Å². The lowest BCUT2D eigenvalue weighted by Gasteiger charge is -2.30. The minimum atomic E-state index is -1.61. The average Bonchev–Trinajstić information content (AvgIpc) is 2.23. The van der Waals surface area contributed by atoms with Crippen LogP contribution >= 0.6 is 0 Å². The Morgan fingerprint density at radius 3 is 2.14 bits per heavy atom. The number of hydrogen-bond donors (Lipinski definition) is 0. The molecule has 14 heavy (non-hydrogen) atoms. The molecule has 1 nitrogen and oxygen atoms in total. The first-order valence-electron chi connectivity index (χ1n) is 5.38. The summed E-state index contributed by atoms with van der Waals surface area (Å²) in [5, 5.41) is 0. The van der Waals surface area contributed by atoms with Crippen LogP contribution in [0.3, 0.4) is 0 Å². The molecule has 1 fully saturated rings. The fourth-order valence-electron chi connectivity index (χ4n) is 2.67. The highest BCUT2D eigenvalue weighted by Crippen LogP contribution is 2.47. The van der Waals surface area contributed by atoms with Gasteiger partial charge in [0.2, 0.25) is 8.32 Å². The summed E-state index contributed by atoms with van der Waals surface area (Å²) in [6, 6.07) is 2.12. The maximum absolute atomic E-state index is 6.33. The predicted octanol–water partition coefficient (Wildman–Crippen LogP) is 3.89. The zero-order chi connectivity index (χ0) is 10.8. The van der Waals surface area contributed by atoms with Crippen molar-refractivity contribution in [2.45, 2.75) is 50.4 Å². The first-order valence-corrected chi connectivity index (χ1v) is 7.78. The third kappa shape index (κ3) is 2.18. The van der Waals surface area contributed by atoms with Gasteiger partial charge in [0.1, 0.15) is 0 Å². The van der Waals surface area contributed by atoms with Crippen LogP contribution in [0.5, 0.6) is 0 Å². The van der Waals surface area contributed by atoms with E-state index < -0.39 is 8.32 Å². The summed E-state index contributed by atoms with van der Waals surface area (Å²) in [5.74, 6) is 0. The molecule has 0 saturated carbocycles. The van der Waals surface area contributed by atoms with Crippen LogP contribution in [0.1, 0.15) is 27.2 Å². The standard InChI is InChI=1S/C12H22OSi/c1-6-8-14(9-7-2)11(3)10-12(4,5)13-14/h6-7,11H,1-2,8-10H2,3-5H3. The monoisotopic (exact) mass is 210 g/mol. The first-order chi connectivity index (χ1) is 6.46. The van der Waals surface area contributed by atoms with Crippen molar-refractivity contribution in [2.75, 3.05) is 0 Å². The van der Waals surface area contributed by atoms with E-state index in [0.717, 1.165) is 12.1 Å². The highest BCUT2D eigenvalue weighted by atomic mass is 28.4. The fourth-order valence-corrected chi connectivity index (χ4v) is 7.04. The van der Waals surface area contributed by atoms with Gasteiger partial charge in [0.15, 0.2) is 0 Å². The molecule has 0 amide bonds. The van der Waals surface area contributed by atoms with Crippen molar-refractivity contribution in [2.24, 2.45) is 0 Å². The Morgan fingerprint density at radius 2 is 1.86 bits per heavy atom. The molecule has 0 spiro atoms. The lowest BCUT2D eigenvalue weighted by Crippen LogP contribution is -2.38. The summed E-state index contributed by atoms with van der Waals surface area (Å²) in [6.45, 7) is 14.4. The summed E-state index contributed by atoms with van der Waals surface area (Å²) in [5.41, 5.74) is 0.783. The van der Waals surface area contributed by atoms with E-state index in [0.29, 0.717) is 5.54 Å². The van der Waals surface area contributed by atoms with E-state index in [1.54, 1.807) is 0 Å². The van der Waals surface area contributed by atoms with Gasteiger partial charge >= 0.3 is 0 Å². The molecular formula is C12H22OSi. The van der Waals surface area contributed by atoms with E-state index in [4.69, 9.17) is 4.43 Å². The van der Waals surface area contributed by atoms with Gasteiger partial charge < -0.3 is 4.43 Å². The minimum Gasteiger partial charge on any atom is -0.411 e. The molecule has 1 aliphatic heterocycles. The number of rotatable bonds is 4. The van der Waals surface area contributed by atoms with Crippen LogP contribution in [0.25, 0.3) is 0 Å². The molecule has 80 valence electrons. The van der Waals surface area contributed by atoms with E-state index in [9.17, 15) is 0 Å². The van der Waals surface area contributed by atoms with Crippen molar-refractivity contribution >= 4 is 8.32 Å². The molecule has 0 aromatic rings. The third-order valence-electron chi connectivity index (χ3n) is 3.16. The zero-order valence-electron chi connectivity index (χ0n) is 9.68. The highest BCUT2D eigenvalue weighted by Gasteiger charge is 2.50. The largest absolute Gasteiger partial charge is 0.411 e. The van der Waals surface area contributed by atoms with E-state index in [1.165, 1.54) is 6.42 Å². The zero-order valence-corrected chi connectivity index (χ0v) is 10.7. The third-order valence-corrected chi connectivity index (χ3v) is 8.07. The summed E-state index contributed by atoms with van der Waals surface area (Å²) in [7, 11) is -1.61. The lowest BCUT2D eigenvalue weighted by molar-refractivity contribution is 0.125. The molecule has 0 N–H and O–H groups in total. The molecule has 1 rings (SSSR count). The van der Waals surface area contributed by atoms with Crippen LogP contribution in [0.4, 0.5) is 0 Å². The van der Waals surface area contributed by atoms with Gasteiger partial charge in [0, 0.05) is 0 Å². The molecule has 0 aromatic carbocycles. The van der Waals surface area contributed by atoms with Crippen LogP contribution < -0.4 is 0 Å². The Kier molecular flexibility index (Phi) is 3.38. The topological polar surface area (TPSA) is 9.23 Å². The highest BCUT2D eigenvalue weighted by molar-refractivity contribution is 6.76. The maximum Gasteiger partial charge on any atom is 0.203 e. The van der Waals surface area contributed by atoms with Crippen molar-refractivity contribution in [1.82, 2.24) is 0 Å². The molecule has 0 bridgehead atoms. The lowest BCUT2D eigenvalue weighted by atomic mass is 10.0. The van der Waals surface area contributed by atoms with Gasteiger partial charge in [-0.05, 0) is 37.9 Å². The van der Waals surface area contributed by atoms with Gasteiger partial charge in [-0.15, -0.1) is 13.2 Å². The Bertz CT molecular complexity index is 222. The molecule has 0 radical (unpaired) electrons. The molecule has 1 saturated heterocycles. The molecule has 1 aliphatic rings. The van der Waals surface area contributed by atoms with E-state index in [2.05, 4.69) is 33.9 Å². The second-order valence-corrected chi connectivity index (χ2v) is 9.15. The van der Waals surface area contributed by atoms with Crippen LogP contribution in [0.15, 0.2) is 25.3 Å². The fraction of sp³-hybridized carbons (Fsp3) is 0.667. The van der Waals surface area contributed by atoms with E-state index in [1.807, 2.05) is 12.2 Å². The van der Waals surface area contributed by atoms with Gasteiger partial charge in [-0.2, -0.15) is 0 Å². The van der Waals surface area contributed by atoms with Crippen molar-refractivity contribution in [3.05, 3.63) is 25.3 Å². The van der Waals surface area contributed by atoms with Gasteiger partial charge in [-0.25, -0.2) is 0 Å². The summed E-state index contributed by atoms with van der Waals surface area (Å²) in [4.78, 5) is 0. The van der Waals surface area contributed by atoms with Crippen LogP contribution in [-0.2, 0) is 4.43 Å². The van der Waals surface area contributed by atoms with Gasteiger partial charge in [-0.1, -0.05) is 19.1 Å². The van der Waals surface area contributed by atoms with Crippen molar-refractivity contribution < 1.29 is 4.43 Å². The molecule has 0 aromatic heterocycles. The van der Waals surface area contributed by atoms with Gasteiger partial charge in [-0.3, -0.25) is 0 Å². The Labute approximate surface area is 89.0 Å². The second kappa shape index (κ2) is 4.03. The van der Waals surface area contributed by atoms with E-state index >= 15 is 0 Å². The molecule has 1 unspecified atom stereocenters. The SMILES string of the molecule is C=CC[Si]1(CC=C)OC(C)(C)CC1C. The summed E-state index contributed by atoms with van der Waals surface area (Å²) < 4.78 is 6.33. The second-order valence-electron chi connectivity index (χ2n) is 5.02. The summed E-state index contributed by atoms with van der Waals surface area (Å²) in [6.07, 6.45) is 5.22. The maximum atomic E-state index is 6.33. The average molecular weight is 210 g/mol. The smallest absolute Gasteiger partial charge is 0.203 e. The number of hydrogen-bond acceptors (Lipinski definition) is 1. The Balaban J connectivity index is 2.86. The van der Waals surface area contributed by atoms with Crippen LogP contribution in [-0.4, -0.2) is 13.9 Å². The molecule has 2 heteroatoms. The molecule has 1 heterocycles. The predicted molar refractivity (Wildman–Crippen MR) is 65.0 cm³/mol. The molecule has 0 aliphatic carbocycles. The number of allylic oxidation sites excluding steroid dienone is 2. The minimum absolute atomic E-state index is 0.0671. The van der Waals surface area contributed by atoms with E-state index in [-0.39, 0.29) is 5.60 Å². The van der Waals surface area contributed by atoms with Crippen LogP contribution in [0, 0.1) is 0 Å². The normalized spacial score (nSPS) is 28.6. The van der Waals surface area contributed by atoms with Gasteiger partial charge in [0.25, 0.3) is 0 Å². The molecule has 1 atom stereocenters. The summed E-state index contributed by atoms with van der Waals surface area (Å²) >= 11 is 0. The van der Waals surface area contributed by atoms with Crippen molar-refractivity contribution in [3.8, 4) is 0 Å². The van der Waals surface area contributed by atoms with Crippen molar-refractivity contribution in [3.63, 3.8) is 0 Å². The van der Waals surface area contributed by atoms with Gasteiger partial charge in [0.05, 0.1) is 5.60 Å². The van der Waals surface area contributed by atoms with Crippen molar-refractivity contribution in [1.29, 1.82) is 0 Å². The quantitative estimate of drug-likeness (QED) is 0.505. The Hall–Kier alpha value is -0.343. The first kappa shape index (κ1) is 11.7. The Morgan fingerprint density at radius 1 is 1.36 bits per heavy atom. The molecular weight excluding hydrogens is 188 g/mol.